The minimum absolute atomic E-state index is 0.00154. The summed E-state index contributed by atoms with van der Waals surface area (Å²) in [6.45, 7) is 8.15. The van der Waals surface area contributed by atoms with Gasteiger partial charge >= 0.3 is 0 Å². The van der Waals surface area contributed by atoms with Crippen molar-refractivity contribution in [1.82, 2.24) is 10.6 Å². The van der Waals surface area contributed by atoms with E-state index in [1.54, 1.807) is 33.4 Å². The van der Waals surface area contributed by atoms with Gasteiger partial charge in [0.15, 0.2) is 5.75 Å². The van der Waals surface area contributed by atoms with E-state index in [1.165, 1.54) is 0 Å². The van der Waals surface area contributed by atoms with Crippen LogP contribution >= 0.6 is 0 Å². The van der Waals surface area contributed by atoms with Crippen LogP contribution in [0.2, 0.25) is 0 Å². The van der Waals surface area contributed by atoms with Crippen LogP contribution in [-0.2, 0) is 9.59 Å². The van der Waals surface area contributed by atoms with Crippen molar-refractivity contribution in [3.05, 3.63) is 58.5 Å². The highest BCUT2D eigenvalue weighted by atomic mass is 16.5. The van der Waals surface area contributed by atoms with Gasteiger partial charge in [0.1, 0.15) is 5.84 Å². The number of hydrogen-bond acceptors (Lipinski definition) is 7. The standard InChI is InChI=1S/C32H48N6O3/c1-8-11-21(12-9-2)24(33)18-25(34)29-20(4)14-17-26(30(29)41-7)37-27(23(13-10-3)32(40)36-6)19-28(35-5)38-31(39)22-15-16-22/h13-14,17-19,21-22,34,37H,8-12,15-16,33H2,1-7H3,(H,36,40)(H,35,38,39)/b23-13-,24-18-,27-19+,34-25?. The van der Waals surface area contributed by atoms with Crippen LogP contribution in [0.3, 0.4) is 0 Å². The quantitative estimate of drug-likeness (QED) is 0.0843. The summed E-state index contributed by atoms with van der Waals surface area (Å²) >= 11 is 0. The van der Waals surface area contributed by atoms with E-state index in [9.17, 15) is 9.59 Å². The highest BCUT2D eigenvalue weighted by Crippen LogP contribution is 2.35. The fourth-order valence-electron chi connectivity index (χ4n) is 4.71. The number of carbonyl (C=O) groups excluding carboxylic acids is 2. The second-order valence-corrected chi connectivity index (χ2v) is 10.3. The Morgan fingerprint density at radius 3 is 2.34 bits per heavy atom. The number of amidine groups is 1. The fourth-order valence-corrected chi connectivity index (χ4v) is 4.71. The average Bonchev–Trinajstić information content (AvgIpc) is 3.81. The Bertz CT molecular complexity index is 1220. The average molecular weight is 565 g/mol. The Morgan fingerprint density at radius 1 is 1.17 bits per heavy atom. The summed E-state index contributed by atoms with van der Waals surface area (Å²) in [7, 11) is 4.72. The minimum atomic E-state index is -0.290. The number of amides is 2. The van der Waals surface area contributed by atoms with E-state index in [-0.39, 0.29) is 29.4 Å². The number of likely N-dealkylation sites (N-methyl/N-ethyl adjacent to an activating group) is 1. The summed E-state index contributed by atoms with van der Waals surface area (Å²) < 4.78 is 5.86. The maximum absolute atomic E-state index is 12.9. The molecule has 9 heteroatoms. The molecule has 2 amide bonds. The number of hydrogen-bond donors (Lipinski definition) is 5. The molecule has 2 rings (SSSR count). The van der Waals surface area contributed by atoms with Crippen LogP contribution in [0, 0.1) is 24.2 Å². The Kier molecular flexibility index (Phi) is 13.3. The summed E-state index contributed by atoms with van der Waals surface area (Å²) in [6, 6.07) is 3.75. The van der Waals surface area contributed by atoms with Gasteiger partial charge in [0.25, 0.3) is 5.91 Å². The summed E-state index contributed by atoms with van der Waals surface area (Å²) in [4.78, 5) is 29.7. The zero-order valence-corrected chi connectivity index (χ0v) is 25.7. The Morgan fingerprint density at radius 2 is 1.83 bits per heavy atom. The lowest BCUT2D eigenvalue weighted by Crippen LogP contribution is -2.32. The van der Waals surface area contributed by atoms with Crippen molar-refractivity contribution in [3.63, 3.8) is 0 Å². The number of aryl methyl sites for hydroxylation is 1. The third kappa shape index (κ3) is 9.33. The zero-order chi connectivity index (χ0) is 30.5. The molecule has 1 aliphatic carbocycles. The van der Waals surface area contributed by atoms with Crippen molar-refractivity contribution in [2.45, 2.75) is 72.6 Å². The van der Waals surface area contributed by atoms with Gasteiger partial charge in [-0.05, 0) is 62.7 Å². The maximum Gasteiger partial charge on any atom is 0.252 e. The number of aliphatic imine (C=N–C) groups is 1. The summed E-state index contributed by atoms with van der Waals surface area (Å²) in [6.07, 6.45) is 11.5. The van der Waals surface area contributed by atoms with Crippen LogP contribution in [0.25, 0.3) is 0 Å². The number of benzene rings is 1. The van der Waals surface area contributed by atoms with Crippen molar-refractivity contribution in [3.8, 4) is 5.75 Å². The molecule has 0 atom stereocenters. The zero-order valence-electron chi connectivity index (χ0n) is 25.7. The van der Waals surface area contributed by atoms with Crippen LogP contribution in [0.5, 0.6) is 5.75 Å². The van der Waals surface area contributed by atoms with Gasteiger partial charge in [-0.25, -0.2) is 0 Å². The molecule has 1 saturated carbocycles. The molecule has 41 heavy (non-hydrogen) atoms. The molecule has 9 nitrogen and oxygen atoms in total. The van der Waals surface area contributed by atoms with Crippen LogP contribution in [0.15, 0.2) is 52.3 Å². The number of nitrogens with zero attached hydrogens (tertiary/aromatic N) is 1. The molecule has 0 aliphatic heterocycles. The van der Waals surface area contributed by atoms with Gasteiger partial charge in [-0.15, -0.1) is 0 Å². The van der Waals surface area contributed by atoms with Gasteiger partial charge in [0.05, 0.1) is 29.8 Å². The molecule has 0 heterocycles. The first-order valence-electron chi connectivity index (χ1n) is 14.6. The van der Waals surface area contributed by atoms with E-state index in [1.807, 2.05) is 32.1 Å². The fraction of sp³-hybridized carbons (Fsp3) is 0.500. The number of rotatable bonds is 15. The van der Waals surface area contributed by atoms with Crippen molar-refractivity contribution in [2.24, 2.45) is 22.6 Å². The van der Waals surface area contributed by atoms with Gasteiger partial charge in [0, 0.05) is 37.3 Å². The lowest BCUT2D eigenvalue weighted by atomic mass is 9.92. The third-order valence-corrected chi connectivity index (χ3v) is 7.06. The lowest BCUT2D eigenvalue weighted by Gasteiger charge is -2.21. The van der Waals surface area contributed by atoms with Gasteiger partial charge in [0.2, 0.25) is 5.91 Å². The molecule has 0 aromatic heterocycles. The molecule has 224 valence electrons. The van der Waals surface area contributed by atoms with E-state index in [4.69, 9.17) is 15.9 Å². The number of nitrogens with two attached hydrogens (primary N) is 1. The Labute approximate surface area is 245 Å². The van der Waals surface area contributed by atoms with Crippen LogP contribution in [0.1, 0.15) is 76.8 Å². The molecule has 0 spiro atoms. The first-order chi connectivity index (χ1) is 19.6. The molecule has 0 radical (unpaired) electrons. The molecule has 1 aromatic rings. The van der Waals surface area contributed by atoms with E-state index in [0.29, 0.717) is 46.2 Å². The highest BCUT2D eigenvalue weighted by molar-refractivity contribution is 6.11. The van der Waals surface area contributed by atoms with E-state index in [0.717, 1.165) is 44.1 Å². The van der Waals surface area contributed by atoms with Crippen LogP contribution in [-0.4, -0.2) is 44.6 Å². The van der Waals surface area contributed by atoms with Crippen molar-refractivity contribution >= 4 is 29.0 Å². The smallest absolute Gasteiger partial charge is 0.252 e. The molecule has 0 bridgehead atoms. The molecule has 1 aromatic carbocycles. The Hall–Kier alpha value is -3.88. The molecule has 6 N–H and O–H groups in total. The highest BCUT2D eigenvalue weighted by Gasteiger charge is 2.30. The van der Waals surface area contributed by atoms with Gasteiger partial charge in [-0.2, -0.15) is 0 Å². The number of carbonyl (C=O) groups is 2. The predicted molar refractivity (Wildman–Crippen MR) is 169 cm³/mol. The number of methoxy groups -OCH3 is 1. The third-order valence-electron chi connectivity index (χ3n) is 7.06. The topological polar surface area (TPSA) is 142 Å². The second kappa shape index (κ2) is 16.4. The van der Waals surface area contributed by atoms with Crippen molar-refractivity contribution in [1.29, 1.82) is 5.41 Å². The number of nitrogens with one attached hydrogen (secondary N) is 4. The van der Waals surface area contributed by atoms with Gasteiger partial charge in [-0.3, -0.25) is 14.6 Å². The van der Waals surface area contributed by atoms with Crippen LogP contribution in [0.4, 0.5) is 5.69 Å². The van der Waals surface area contributed by atoms with E-state index in [2.05, 4.69) is 34.8 Å². The number of ether oxygens (including phenoxy) is 1. The molecule has 0 unspecified atom stereocenters. The van der Waals surface area contributed by atoms with Crippen molar-refractivity contribution < 1.29 is 14.3 Å². The van der Waals surface area contributed by atoms with Gasteiger partial charge < -0.3 is 31.8 Å². The van der Waals surface area contributed by atoms with Crippen LogP contribution < -0.4 is 26.4 Å². The first kappa shape index (κ1) is 33.3. The first-order valence-corrected chi connectivity index (χ1v) is 14.6. The number of anilines is 1. The molecular weight excluding hydrogens is 516 g/mol. The van der Waals surface area contributed by atoms with Crippen molar-refractivity contribution in [2.75, 3.05) is 26.5 Å². The van der Waals surface area contributed by atoms with E-state index >= 15 is 0 Å². The molecule has 0 saturated heterocycles. The minimum Gasteiger partial charge on any atom is -0.494 e. The normalized spacial score (nSPS) is 14.6. The molecular formula is C32H48N6O3. The summed E-state index contributed by atoms with van der Waals surface area (Å²) in [5, 5.41) is 17.9. The maximum atomic E-state index is 12.9. The van der Waals surface area contributed by atoms with E-state index < -0.39 is 0 Å². The van der Waals surface area contributed by atoms with Gasteiger partial charge in [-0.1, -0.05) is 45.8 Å². The summed E-state index contributed by atoms with van der Waals surface area (Å²) in [5.74, 6) is 0.642. The largest absolute Gasteiger partial charge is 0.494 e. The predicted octanol–water partition coefficient (Wildman–Crippen LogP) is 5.36. The molecule has 1 aliphatic rings. The summed E-state index contributed by atoms with van der Waals surface area (Å²) in [5.41, 5.74) is 10.3. The lowest BCUT2D eigenvalue weighted by molar-refractivity contribution is -0.120. The number of allylic oxidation sites excluding steroid dienone is 3. The SMILES string of the molecule is CC/C=C(C(=O)NC)/C(=C\C(=NC)NC(=O)C1CC1)Nc1ccc(C)c(C(=N)/C=C(\N)C(CCC)CCC)c1OC. The second-order valence-electron chi connectivity index (χ2n) is 10.3. The monoisotopic (exact) mass is 564 g/mol. The molecule has 1 fully saturated rings. The Balaban J connectivity index is 2.60.